The molecule has 2 rings (SSSR count). The molecule has 0 spiro atoms. The third-order valence-electron chi connectivity index (χ3n) is 1.86. The lowest BCUT2D eigenvalue weighted by Crippen LogP contribution is -2.18. The zero-order chi connectivity index (χ0) is 7.03. The largest absolute Gasteiger partial charge is 0.301 e. The quantitative estimate of drug-likeness (QED) is 0.537. The maximum atomic E-state index is 10.5. The van der Waals surface area contributed by atoms with E-state index < -0.39 is 0 Å². The van der Waals surface area contributed by atoms with Crippen LogP contribution < -0.4 is 0 Å². The van der Waals surface area contributed by atoms with Crippen molar-refractivity contribution in [3.8, 4) is 0 Å². The zero-order valence-corrected chi connectivity index (χ0v) is 5.40. The van der Waals surface area contributed by atoms with Gasteiger partial charge in [-0.25, -0.2) is 4.68 Å². The minimum Gasteiger partial charge on any atom is -0.301 e. The molecule has 0 aliphatic heterocycles. The highest BCUT2D eigenvalue weighted by molar-refractivity contribution is 5.65. The number of carbonyl (C=O) groups is 1. The van der Waals surface area contributed by atoms with Crippen LogP contribution in [0.3, 0.4) is 0 Å². The summed E-state index contributed by atoms with van der Waals surface area (Å²) in [6.07, 6.45) is 6.06. The Morgan fingerprint density at radius 3 is 2.80 bits per heavy atom. The minimum atomic E-state index is -0.323. The summed E-state index contributed by atoms with van der Waals surface area (Å²) in [5.41, 5.74) is -0.323. The van der Waals surface area contributed by atoms with E-state index in [1.165, 1.54) is 0 Å². The van der Waals surface area contributed by atoms with E-state index in [0.29, 0.717) is 0 Å². The molecule has 1 aromatic heterocycles. The number of carbonyl (C=O) groups excluding carboxylic acids is 1. The van der Waals surface area contributed by atoms with E-state index in [1.807, 2.05) is 0 Å². The summed E-state index contributed by atoms with van der Waals surface area (Å²) in [6.45, 7) is 0. The van der Waals surface area contributed by atoms with Crippen LogP contribution >= 0.6 is 0 Å². The number of hydrogen-bond acceptors (Lipinski definition) is 3. The van der Waals surface area contributed by atoms with Gasteiger partial charge in [0, 0.05) is 6.20 Å². The van der Waals surface area contributed by atoms with E-state index in [0.717, 1.165) is 19.1 Å². The lowest BCUT2D eigenvalue weighted by Gasteiger charge is -2.03. The second-order valence-corrected chi connectivity index (χ2v) is 2.57. The summed E-state index contributed by atoms with van der Waals surface area (Å²) >= 11 is 0. The molecule has 0 radical (unpaired) electrons. The Bertz CT molecular complexity index is 238. The summed E-state index contributed by atoms with van der Waals surface area (Å²) in [7, 11) is 0. The highest BCUT2D eigenvalue weighted by atomic mass is 16.1. The molecule has 1 aliphatic rings. The SMILES string of the molecule is O=CC1(n2ccnn2)CC1. The molecule has 1 fully saturated rings. The molecule has 1 aromatic rings. The fraction of sp³-hybridized carbons (Fsp3) is 0.500. The van der Waals surface area contributed by atoms with E-state index in [1.54, 1.807) is 17.1 Å². The Balaban J connectivity index is 2.35. The van der Waals surface area contributed by atoms with Gasteiger partial charge >= 0.3 is 0 Å². The van der Waals surface area contributed by atoms with E-state index in [4.69, 9.17) is 0 Å². The molecule has 1 saturated carbocycles. The molecule has 0 N–H and O–H groups in total. The minimum absolute atomic E-state index is 0.323. The van der Waals surface area contributed by atoms with Gasteiger partial charge in [0.2, 0.25) is 0 Å². The molecule has 4 nitrogen and oxygen atoms in total. The molecular weight excluding hydrogens is 130 g/mol. The van der Waals surface area contributed by atoms with Gasteiger partial charge in [-0.3, -0.25) is 0 Å². The summed E-state index contributed by atoms with van der Waals surface area (Å²) in [6, 6.07) is 0. The molecular formula is C6H7N3O. The van der Waals surface area contributed by atoms with Crippen LogP contribution in [0.25, 0.3) is 0 Å². The Kier molecular flexibility index (Phi) is 0.922. The fourth-order valence-electron chi connectivity index (χ4n) is 0.975. The van der Waals surface area contributed by atoms with Gasteiger partial charge in [0.25, 0.3) is 0 Å². The predicted molar refractivity (Wildman–Crippen MR) is 33.3 cm³/mol. The van der Waals surface area contributed by atoms with Gasteiger partial charge in [-0.15, -0.1) is 5.10 Å². The molecule has 4 heteroatoms. The molecule has 0 unspecified atom stereocenters. The van der Waals surface area contributed by atoms with Crippen LogP contribution in [0.1, 0.15) is 12.8 Å². The van der Waals surface area contributed by atoms with E-state index in [9.17, 15) is 4.79 Å². The summed E-state index contributed by atoms with van der Waals surface area (Å²) in [5.74, 6) is 0. The lowest BCUT2D eigenvalue weighted by atomic mass is 10.3. The van der Waals surface area contributed by atoms with Gasteiger partial charge < -0.3 is 4.79 Å². The first-order chi connectivity index (χ1) is 4.87. The predicted octanol–water partition coefficient (Wildman–Crippen LogP) is -0.0339. The Morgan fingerprint density at radius 2 is 2.40 bits per heavy atom. The topological polar surface area (TPSA) is 47.8 Å². The van der Waals surface area contributed by atoms with Crippen molar-refractivity contribution in [3.63, 3.8) is 0 Å². The number of aldehydes is 1. The van der Waals surface area contributed by atoms with E-state index in [-0.39, 0.29) is 5.54 Å². The third-order valence-corrected chi connectivity index (χ3v) is 1.86. The first-order valence-electron chi connectivity index (χ1n) is 3.20. The molecule has 10 heavy (non-hydrogen) atoms. The lowest BCUT2D eigenvalue weighted by molar-refractivity contribution is -0.111. The van der Waals surface area contributed by atoms with Crippen molar-refractivity contribution in [1.82, 2.24) is 15.0 Å². The number of nitrogens with zero attached hydrogens (tertiary/aromatic N) is 3. The highest BCUT2D eigenvalue weighted by Crippen LogP contribution is 2.40. The molecule has 0 bridgehead atoms. The monoisotopic (exact) mass is 137 g/mol. The van der Waals surface area contributed by atoms with Crippen molar-refractivity contribution in [2.45, 2.75) is 18.4 Å². The van der Waals surface area contributed by atoms with Gasteiger partial charge in [-0.2, -0.15) is 0 Å². The highest BCUT2D eigenvalue weighted by Gasteiger charge is 2.45. The zero-order valence-electron chi connectivity index (χ0n) is 5.40. The average Bonchev–Trinajstić information content (AvgIpc) is 2.58. The summed E-state index contributed by atoms with van der Waals surface area (Å²) < 4.78 is 1.62. The molecule has 1 heterocycles. The van der Waals surface area contributed by atoms with Gasteiger partial charge in [0.15, 0.2) is 0 Å². The molecule has 52 valence electrons. The molecule has 0 atom stereocenters. The second-order valence-electron chi connectivity index (χ2n) is 2.57. The summed E-state index contributed by atoms with van der Waals surface area (Å²) in [5, 5.41) is 7.39. The van der Waals surface area contributed by atoms with Crippen molar-refractivity contribution in [1.29, 1.82) is 0 Å². The van der Waals surface area contributed by atoms with Crippen LogP contribution in [0.5, 0.6) is 0 Å². The van der Waals surface area contributed by atoms with Gasteiger partial charge in [0.05, 0.1) is 6.20 Å². The normalized spacial score (nSPS) is 20.4. The average molecular weight is 137 g/mol. The van der Waals surface area contributed by atoms with E-state index in [2.05, 4.69) is 10.3 Å². The van der Waals surface area contributed by atoms with Crippen LogP contribution in [0.4, 0.5) is 0 Å². The Morgan fingerprint density at radius 1 is 1.60 bits per heavy atom. The van der Waals surface area contributed by atoms with Crippen LogP contribution in [-0.2, 0) is 10.3 Å². The molecule has 0 amide bonds. The Hall–Kier alpha value is -1.19. The second kappa shape index (κ2) is 1.65. The van der Waals surface area contributed by atoms with Crippen LogP contribution in [0.2, 0.25) is 0 Å². The van der Waals surface area contributed by atoms with Crippen LogP contribution in [0.15, 0.2) is 12.4 Å². The number of aromatic nitrogens is 3. The van der Waals surface area contributed by atoms with Gasteiger partial charge in [-0.05, 0) is 12.8 Å². The maximum absolute atomic E-state index is 10.5. The molecule has 1 aliphatic carbocycles. The van der Waals surface area contributed by atoms with Crippen molar-refractivity contribution in [2.24, 2.45) is 0 Å². The van der Waals surface area contributed by atoms with Crippen LogP contribution in [0, 0.1) is 0 Å². The number of hydrogen-bond donors (Lipinski definition) is 0. The van der Waals surface area contributed by atoms with Crippen molar-refractivity contribution < 1.29 is 4.79 Å². The molecule has 0 saturated heterocycles. The van der Waals surface area contributed by atoms with Crippen molar-refractivity contribution in [3.05, 3.63) is 12.4 Å². The van der Waals surface area contributed by atoms with Crippen molar-refractivity contribution in [2.75, 3.05) is 0 Å². The maximum Gasteiger partial charge on any atom is 0.147 e. The van der Waals surface area contributed by atoms with E-state index >= 15 is 0 Å². The Labute approximate surface area is 57.8 Å². The third kappa shape index (κ3) is 0.586. The smallest absolute Gasteiger partial charge is 0.147 e. The molecule has 0 aromatic carbocycles. The standard InChI is InChI=1S/C6H7N3O/c10-5-6(1-2-6)9-4-3-7-8-9/h3-5H,1-2H2. The fourth-order valence-corrected chi connectivity index (χ4v) is 0.975. The first-order valence-corrected chi connectivity index (χ1v) is 3.20. The van der Waals surface area contributed by atoms with Gasteiger partial charge in [0.1, 0.15) is 11.8 Å². The van der Waals surface area contributed by atoms with Crippen molar-refractivity contribution >= 4 is 6.29 Å². The number of rotatable bonds is 2. The van der Waals surface area contributed by atoms with Gasteiger partial charge in [-0.1, -0.05) is 5.21 Å². The summed E-state index contributed by atoms with van der Waals surface area (Å²) in [4.78, 5) is 10.5. The first kappa shape index (κ1) is 5.58. The van der Waals surface area contributed by atoms with Crippen LogP contribution in [-0.4, -0.2) is 21.3 Å².